The second-order valence-electron chi connectivity index (χ2n) is 5.75. The van der Waals surface area contributed by atoms with E-state index < -0.39 is 5.60 Å². The van der Waals surface area contributed by atoms with Crippen LogP contribution in [0.1, 0.15) is 29.6 Å². The number of halogens is 1. The van der Waals surface area contributed by atoms with Gasteiger partial charge in [0.1, 0.15) is 17.1 Å². The molecule has 118 valence electrons. The fourth-order valence-electron chi connectivity index (χ4n) is 3.12. The SMILES string of the molecule is COc1ccc2c(c1)C(=O)CC1(CCN(C(=O)CCBr)C1)O2. The van der Waals surface area contributed by atoms with Crippen molar-refractivity contribution in [3.63, 3.8) is 0 Å². The van der Waals surface area contributed by atoms with Crippen LogP contribution >= 0.6 is 15.9 Å². The number of carbonyl (C=O) groups excluding carboxylic acids is 2. The molecule has 1 amide bonds. The first-order chi connectivity index (χ1) is 10.6. The number of amides is 1. The van der Waals surface area contributed by atoms with Crippen LogP contribution in [0.15, 0.2) is 18.2 Å². The van der Waals surface area contributed by atoms with E-state index in [1.54, 1.807) is 30.2 Å². The lowest BCUT2D eigenvalue weighted by molar-refractivity contribution is -0.130. The zero-order chi connectivity index (χ0) is 15.7. The number of carbonyl (C=O) groups is 2. The molecule has 5 nitrogen and oxygen atoms in total. The summed E-state index contributed by atoms with van der Waals surface area (Å²) in [4.78, 5) is 26.3. The Morgan fingerprint density at radius 1 is 1.50 bits per heavy atom. The van der Waals surface area contributed by atoms with Crippen molar-refractivity contribution in [2.45, 2.75) is 24.9 Å². The number of methoxy groups -OCH3 is 1. The van der Waals surface area contributed by atoms with E-state index in [4.69, 9.17) is 9.47 Å². The predicted molar refractivity (Wildman–Crippen MR) is 84.9 cm³/mol. The second-order valence-corrected chi connectivity index (χ2v) is 6.54. The fraction of sp³-hybridized carbons (Fsp3) is 0.500. The maximum atomic E-state index is 12.5. The standard InChI is InChI=1S/C16H18BrNO4/c1-21-11-2-3-14-12(8-11)13(19)9-16(22-14)5-7-18(10-16)15(20)4-6-17/h2-3,8H,4-7,9-10H2,1H3. The normalized spacial score (nSPS) is 23.4. The van der Waals surface area contributed by atoms with Gasteiger partial charge in [-0.15, -0.1) is 0 Å². The summed E-state index contributed by atoms with van der Waals surface area (Å²) >= 11 is 3.28. The lowest BCUT2D eigenvalue weighted by atomic mass is 9.89. The monoisotopic (exact) mass is 367 g/mol. The number of ketones is 1. The number of nitrogens with zero attached hydrogens (tertiary/aromatic N) is 1. The van der Waals surface area contributed by atoms with E-state index in [-0.39, 0.29) is 11.7 Å². The van der Waals surface area contributed by atoms with Crippen LogP contribution in [0.4, 0.5) is 0 Å². The first-order valence-corrected chi connectivity index (χ1v) is 8.43. The lowest BCUT2D eigenvalue weighted by Gasteiger charge is -2.34. The predicted octanol–water partition coefficient (Wildman–Crippen LogP) is 2.42. The first kappa shape index (κ1) is 15.3. The van der Waals surface area contributed by atoms with Gasteiger partial charge in [0.15, 0.2) is 5.78 Å². The van der Waals surface area contributed by atoms with E-state index in [0.29, 0.717) is 54.7 Å². The number of Topliss-reactive ketones (excluding diaryl/α,β-unsaturated/α-hetero) is 1. The summed E-state index contributed by atoms with van der Waals surface area (Å²) in [5, 5.41) is 0.651. The Bertz CT molecular complexity index is 618. The van der Waals surface area contributed by atoms with Gasteiger partial charge in [-0.05, 0) is 18.2 Å². The molecule has 1 aromatic carbocycles. The molecular weight excluding hydrogens is 350 g/mol. The van der Waals surface area contributed by atoms with Gasteiger partial charge in [0, 0.05) is 24.7 Å². The third-order valence-electron chi connectivity index (χ3n) is 4.27. The summed E-state index contributed by atoms with van der Waals surface area (Å²) < 4.78 is 11.3. The van der Waals surface area contributed by atoms with Crippen molar-refractivity contribution in [1.29, 1.82) is 0 Å². The molecule has 1 unspecified atom stereocenters. The van der Waals surface area contributed by atoms with E-state index in [2.05, 4.69) is 15.9 Å². The van der Waals surface area contributed by atoms with Crippen LogP contribution in [0.3, 0.4) is 0 Å². The number of benzene rings is 1. The Kier molecular flexibility index (Phi) is 4.12. The molecule has 2 aliphatic heterocycles. The molecule has 6 heteroatoms. The van der Waals surface area contributed by atoms with Crippen LogP contribution < -0.4 is 9.47 Å². The Balaban J connectivity index is 1.81. The van der Waals surface area contributed by atoms with Crippen molar-refractivity contribution in [3.8, 4) is 11.5 Å². The summed E-state index contributed by atoms with van der Waals surface area (Å²) in [6.45, 7) is 1.13. The van der Waals surface area contributed by atoms with Gasteiger partial charge in [-0.3, -0.25) is 9.59 Å². The van der Waals surface area contributed by atoms with Gasteiger partial charge in [-0.2, -0.15) is 0 Å². The summed E-state index contributed by atoms with van der Waals surface area (Å²) in [5.74, 6) is 1.39. The van der Waals surface area contributed by atoms with Gasteiger partial charge in [0.2, 0.25) is 5.91 Å². The highest BCUT2D eigenvalue weighted by Crippen LogP contribution is 2.40. The number of rotatable bonds is 3. The highest BCUT2D eigenvalue weighted by Gasteiger charge is 2.46. The highest BCUT2D eigenvalue weighted by atomic mass is 79.9. The smallest absolute Gasteiger partial charge is 0.223 e. The highest BCUT2D eigenvalue weighted by molar-refractivity contribution is 9.09. The van der Waals surface area contributed by atoms with Crippen molar-refractivity contribution < 1.29 is 19.1 Å². The van der Waals surface area contributed by atoms with Crippen LogP contribution in [0.25, 0.3) is 0 Å². The number of fused-ring (bicyclic) bond motifs is 1. The third-order valence-corrected chi connectivity index (χ3v) is 4.67. The van der Waals surface area contributed by atoms with Gasteiger partial charge >= 0.3 is 0 Å². The second kappa shape index (κ2) is 5.91. The fourth-order valence-corrected chi connectivity index (χ4v) is 3.46. The van der Waals surface area contributed by atoms with E-state index in [1.165, 1.54) is 0 Å². The Labute approximate surface area is 137 Å². The summed E-state index contributed by atoms with van der Waals surface area (Å²) in [5.41, 5.74) is -0.00380. The molecule has 1 spiro atoms. The minimum Gasteiger partial charge on any atom is -0.497 e. The number of likely N-dealkylation sites (tertiary alicyclic amines) is 1. The van der Waals surface area contributed by atoms with E-state index in [0.717, 1.165) is 0 Å². The van der Waals surface area contributed by atoms with Crippen molar-refractivity contribution in [3.05, 3.63) is 23.8 Å². The average Bonchev–Trinajstić information content (AvgIpc) is 2.91. The number of hydrogen-bond donors (Lipinski definition) is 0. The molecule has 0 aromatic heterocycles. The molecule has 2 aliphatic rings. The first-order valence-electron chi connectivity index (χ1n) is 7.31. The van der Waals surface area contributed by atoms with Crippen molar-refractivity contribution in [1.82, 2.24) is 4.90 Å². The maximum absolute atomic E-state index is 12.5. The summed E-state index contributed by atoms with van der Waals surface area (Å²) in [7, 11) is 1.57. The maximum Gasteiger partial charge on any atom is 0.223 e. The number of alkyl halides is 1. The topological polar surface area (TPSA) is 55.8 Å². The van der Waals surface area contributed by atoms with Gasteiger partial charge in [0.25, 0.3) is 0 Å². The van der Waals surface area contributed by atoms with Gasteiger partial charge in [0.05, 0.1) is 25.6 Å². The number of hydrogen-bond acceptors (Lipinski definition) is 4. The van der Waals surface area contributed by atoms with Crippen LogP contribution in [-0.2, 0) is 4.79 Å². The van der Waals surface area contributed by atoms with Crippen LogP contribution in [0, 0.1) is 0 Å². The minimum atomic E-state index is -0.569. The lowest BCUT2D eigenvalue weighted by Crippen LogP contribution is -2.45. The zero-order valence-corrected chi connectivity index (χ0v) is 14.0. The molecule has 1 fully saturated rings. The molecule has 0 radical (unpaired) electrons. The molecule has 1 saturated heterocycles. The molecular formula is C16H18BrNO4. The molecule has 1 atom stereocenters. The number of ether oxygens (including phenoxy) is 2. The van der Waals surface area contributed by atoms with E-state index in [9.17, 15) is 9.59 Å². The molecule has 3 rings (SSSR count). The van der Waals surface area contributed by atoms with Crippen molar-refractivity contribution >= 4 is 27.6 Å². The van der Waals surface area contributed by atoms with Gasteiger partial charge in [-0.1, -0.05) is 15.9 Å². The molecule has 0 aliphatic carbocycles. The van der Waals surface area contributed by atoms with Crippen molar-refractivity contribution in [2.24, 2.45) is 0 Å². The molecule has 1 aromatic rings. The Morgan fingerprint density at radius 3 is 3.05 bits per heavy atom. The molecule has 0 saturated carbocycles. The Hall–Kier alpha value is -1.56. The van der Waals surface area contributed by atoms with E-state index in [1.807, 2.05) is 0 Å². The minimum absolute atomic E-state index is 0.0509. The van der Waals surface area contributed by atoms with Gasteiger partial charge < -0.3 is 14.4 Å². The molecule has 0 N–H and O–H groups in total. The Morgan fingerprint density at radius 2 is 2.32 bits per heavy atom. The summed E-state index contributed by atoms with van der Waals surface area (Å²) in [6, 6.07) is 5.27. The quantitative estimate of drug-likeness (QED) is 0.769. The molecule has 0 bridgehead atoms. The summed E-state index contributed by atoms with van der Waals surface area (Å²) in [6.07, 6.45) is 1.47. The van der Waals surface area contributed by atoms with Crippen LogP contribution in [0.2, 0.25) is 0 Å². The average molecular weight is 368 g/mol. The zero-order valence-electron chi connectivity index (χ0n) is 12.4. The van der Waals surface area contributed by atoms with Crippen LogP contribution in [-0.4, -0.2) is 47.7 Å². The van der Waals surface area contributed by atoms with Crippen molar-refractivity contribution in [2.75, 3.05) is 25.5 Å². The van der Waals surface area contributed by atoms with E-state index >= 15 is 0 Å². The molecule has 22 heavy (non-hydrogen) atoms. The molecule has 2 heterocycles. The van der Waals surface area contributed by atoms with Crippen LogP contribution in [0.5, 0.6) is 11.5 Å². The third kappa shape index (κ3) is 2.72. The largest absolute Gasteiger partial charge is 0.497 e. The van der Waals surface area contributed by atoms with Gasteiger partial charge in [-0.25, -0.2) is 0 Å².